The number of amides is 1. The third-order valence-electron chi connectivity index (χ3n) is 12.8. The van der Waals surface area contributed by atoms with E-state index >= 15 is 4.79 Å². The summed E-state index contributed by atoms with van der Waals surface area (Å²) in [7, 11) is 2.37. The summed E-state index contributed by atoms with van der Waals surface area (Å²) in [6.45, 7) is 15.9. The van der Waals surface area contributed by atoms with E-state index < -0.39 is 119 Å². The Morgan fingerprint density at radius 1 is 1.00 bits per heavy atom. The van der Waals surface area contributed by atoms with Gasteiger partial charge in [-0.25, -0.2) is 19.2 Å². The standard InChI is InChI=1S/C44H61NO16/c1-22(2)18-26(45-38(51)61-40(5,6)7)31(47)37(50)57-27-20-44(53)35(59-36(49)25-16-14-13-15-17-25)33-42(10,34(48)32(54-11)30(23(27)3)41(44,8)9)28(58-39(52)55-12)19-29-43(33,21-56-29)60-24(4)46/h13-17,22,26-29,31-33,35,47,53H,18-21H2,1-12H3,(H,45,51)/t26-,27-,28-,29+,31+,32+,33-,35-,42+,43-,44+/m0/s1. The van der Waals surface area contributed by atoms with Crippen LogP contribution in [0.5, 0.6) is 0 Å². The maximum absolute atomic E-state index is 15.6. The van der Waals surface area contributed by atoms with Crippen LogP contribution in [0, 0.1) is 22.7 Å². The molecule has 338 valence electrons. The van der Waals surface area contributed by atoms with Crippen LogP contribution in [0.25, 0.3) is 0 Å². The summed E-state index contributed by atoms with van der Waals surface area (Å²) in [6, 6.07) is 6.73. The normalized spacial score (nSPS) is 32.6. The van der Waals surface area contributed by atoms with Gasteiger partial charge in [0.25, 0.3) is 0 Å². The van der Waals surface area contributed by atoms with Crippen molar-refractivity contribution < 1.29 is 76.9 Å². The smallest absolute Gasteiger partial charge is 0.456 e. The summed E-state index contributed by atoms with van der Waals surface area (Å²) in [4.78, 5) is 82.9. The number of fused-ring (bicyclic) bond motifs is 5. The highest BCUT2D eigenvalue weighted by Crippen LogP contribution is 2.65. The Hall–Kier alpha value is -4.58. The van der Waals surface area contributed by atoms with Gasteiger partial charge in [0.1, 0.15) is 41.7 Å². The van der Waals surface area contributed by atoms with Crippen molar-refractivity contribution in [3.05, 3.63) is 47.0 Å². The molecule has 2 bridgehead atoms. The van der Waals surface area contributed by atoms with Crippen molar-refractivity contribution in [2.45, 2.75) is 148 Å². The van der Waals surface area contributed by atoms with Crippen molar-refractivity contribution in [1.29, 1.82) is 0 Å². The molecule has 17 nitrogen and oxygen atoms in total. The Balaban J connectivity index is 1.73. The Bertz CT molecular complexity index is 1900. The minimum atomic E-state index is -2.32. The zero-order valence-corrected chi connectivity index (χ0v) is 37.0. The van der Waals surface area contributed by atoms with Gasteiger partial charge >= 0.3 is 30.2 Å². The number of rotatable bonds is 11. The van der Waals surface area contributed by atoms with Crippen LogP contribution in [0.2, 0.25) is 0 Å². The quantitative estimate of drug-likeness (QED) is 0.159. The van der Waals surface area contributed by atoms with Crippen molar-refractivity contribution in [2.24, 2.45) is 22.7 Å². The highest BCUT2D eigenvalue weighted by atomic mass is 16.7. The summed E-state index contributed by atoms with van der Waals surface area (Å²) in [5.74, 6) is -5.16. The van der Waals surface area contributed by atoms with Gasteiger partial charge in [-0.2, -0.15) is 0 Å². The van der Waals surface area contributed by atoms with Gasteiger partial charge < -0.3 is 53.4 Å². The molecule has 5 rings (SSSR count). The number of Topliss-reactive ketones (excluding diaryl/α,β-unsaturated/α-hetero) is 1. The second-order valence-electron chi connectivity index (χ2n) is 18.7. The van der Waals surface area contributed by atoms with Crippen molar-refractivity contribution in [1.82, 2.24) is 5.32 Å². The molecule has 1 aliphatic heterocycles. The van der Waals surface area contributed by atoms with Gasteiger partial charge in [0, 0.05) is 32.3 Å². The molecule has 11 atom stereocenters. The minimum absolute atomic E-state index is 0.0809. The second kappa shape index (κ2) is 17.3. The van der Waals surface area contributed by atoms with Crippen LogP contribution < -0.4 is 5.32 Å². The van der Waals surface area contributed by atoms with E-state index in [0.29, 0.717) is 0 Å². The molecular weight excluding hydrogens is 798 g/mol. The van der Waals surface area contributed by atoms with Crippen molar-refractivity contribution in [3.8, 4) is 0 Å². The average molecular weight is 860 g/mol. The lowest BCUT2D eigenvalue weighted by Gasteiger charge is -2.67. The number of hydrogen-bond donors (Lipinski definition) is 3. The first kappa shape index (κ1) is 47.5. The van der Waals surface area contributed by atoms with Crippen molar-refractivity contribution in [3.63, 3.8) is 0 Å². The van der Waals surface area contributed by atoms with Gasteiger partial charge in [0.15, 0.2) is 17.5 Å². The summed E-state index contributed by atoms with van der Waals surface area (Å²) >= 11 is 0. The molecule has 4 aliphatic rings. The zero-order chi connectivity index (χ0) is 45.6. The number of nitrogens with one attached hydrogen (secondary N) is 1. The molecule has 0 aromatic heterocycles. The molecule has 0 spiro atoms. The first-order valence-electron chi connectivity index (χ1n) is 20.5. The molecular formula is C44H61NO16. The number of ether oxygens (including phenoxy) is 8. The summed E-state index contributed by atoms with van der Waals surface area (Å²) in [5, 5.41) is 27.8. The fourth-order valence-electron chi connectivity index (χ4n) is 9.89. The van der Waals surface area contributed by atoms with Crippen molar-refractivity contribution in [2.75, 3.05) is 20.8 Å². The molecule has 3 fully saturated rings. The third kappa shape index (κ3) is 8.62. The first-order chi connectivity index (χ1) is 28.3. The van der Waals surface area contributed by atoms with Gasteiger partial charge in [-0.15, -0.1) is 0 Å². The largest absolute Gasteiger partial charge is 0.508 e. The van der Waals surface area contributed by atoms with Crippen LogP contribution in [-0.4, -0.2) is 126 Å². The Kier molecular flexibility index (Phi) is 13.5. The van der Waals surface area contributed by atoms with Crippen LogP contribution in [0.1, 0.15) is 98.9 Å². The van der Waals surface area contributed by atoms with Crippen LogP contribution in [-0.2, 0) is 52.3 Å². The number of carbonyl (C=O) groups is 6. The van der Waals surface area contributed by atoms with E-state index in [0.717, 1.165) is 7.11 Å². The highest BCUT2D eigenvalue weighted by Gasteiger charge is 2.79. The number of benzene rings is 1. The second-order valence-corrected chi connectivity index (χ2v) is 18.7. The van der Waals surface area contributed by atoms with E-state index in [9.17, 15) is 34.2 Å². The molecule has 3 aliphatic carbocycles. The summed E-state index contributed by atoms with van der Waals surface area (Å²) in [5.41, 5.74) is -7.93. The van der Waals surface area contributed by atoms with Gasteiger partial charge in [-0.1, -0.05) is 45.9 Å². The van der Waals surface area contributed by atoms with Crippen LogP contribution in [0.4, 0.5) is 9.59 Å². The Labute approximate surface area is 356 Å². The lowest BCUT2D eigenvalue weighted by Crippen LogP contribution is -2.82. The fourth-order valence-corrected chi connectivity index (χ4v) is 9.89. The first-order valence-corrected chi connectivity index (χ1v) is 20.5. The zero-order valence-electron chi connectivity index (χ0n) is 37.0. The predicted octanol–water partition coefficient (Wildman–Crippen LogP) is 4.38. The summed E-state index contributed by atoms with van der Waals surface area (Å²) < 4.78 is 46.7. The fraction of sp³-hybridized carbons (Fsp3) is 0.682. The van der Waals surface area contributed by atoms with Gasteiger partial charge in [-0.05, 0) is 70.2 Å². The third-order valence-corrected chi connectivity index (χ3v) is 12.8. The predicted molar refractivity (Wildman–Crippen MR) is 214 cm³/mol. The number of methoxy groups -OCH3 is 2. The van der Waals surface area contributed by atoms with E-state index in [1.165, 1.54) is 33.1 Å². The van der Waals surface area contributed by atoms with Crippen LogP contribution >= 0.6 is 0 Å². The minimum Gasteiger partial charge on any atom is -0.456 e. The molecule has 61 heavy (non-hydrogen) atoms. The van der Waals surface area contributed by atoms with E-state index in [1.54, 1.807) is 59.7 Å². The molecule has 0 unspecified atom stereocenters. The maximum Gasteiger partial charge on any atom is 0.508 e. The lowest BCUT2D eigenvalue weighted by molar-refractivity contribution is -0.346. The van der Waals surface area contributed by atoms with Crippen LogP contribution in [0.15, 0.2) is 41.5 Å². The molecule has 1 amide bonds. The van der Waals surface area contributed by atoms with E-state index in [4.69, 9.17) is 37.9 Å². The summed E-state index contributed by atoms with van der Waals surface area (Å²) in [6.07, 6.45) is -11.5. The van der Waals surface area contributed by atoms with Crippen LogP contribution in [0.3, 0.4) is 0 Å². The van der Waals surface area contributed by atoms with E-state index in [1.807, 2.05) is 13.8 Å². The number of carbonyl (C=O) groups excluding carboxylic acids is 6. The molecule has 2 saturated carbocycles. The van der Waals surface area contributed by atoms with Crippen molar-refractivity contribution >= 4 is 35.9 Å². The highest BCUT2D eigenvalue weighted by molar-refractivity contribution is 5.94. The number of aliphatic hydroxyl groups is 2. The number of ketones is 1. The van der Waals surface area contributed by atoms with Gasteiger partial charge in [0.2, 0.25) is 0 Å². The molecule has 1 aromatic rings. The Morgan fingerprint density at radius 3 is 2.16 bits per heavy atom. The number of alkyl carbamates (subject to hydrolysis) is 1. The molecule has 17 heteroatoms. The Morgan fingerprint density at radius 2 is 1.64 bits per heavy atom. The maximum atomic E-state index is 15.6. The number of hydrogen-bond acceptors (Lipinski definition) is 16. The monoisotopic (exact) mass is 859 g/mol. The number of aliphatic hydroxyl groups excluding tert-OH is 1. The molecule has 1 heterocycles. The SMILES string of the molecule is COC(=O)O[C@H]1C[C@H]2OC[C@@]2(OC(C)=O)[C@H]2[C@H](OC(=O)c3ccccc3)[C@]3(O)C[C@H](OC(=O)[C@H](O)[C@H](CC(C)C)NC(=O)OC(C)(C)C)C(C)=C([C@@H](OC)C(=O)[C@]12C)C3(C)C. The molecule has 3 N–H and O–H groups in total. The molecule has 1 saturated heterocycles. The van der Waals surface area contributed by atoms with Gasteiger partial charge in [0.05, 0.1) is 36.7 Å². The molecule has 0 radical (unpaired) electrons. The average Bonchev–Trinajstić information content (AvgIpc) is 3.16. The van der Waals surface area contributed by atoms with Gasteiger partial charge in [-0.3, -0.25) is 9.59 Å². The van der Waals surface area contributed by atoms with E-state index in [2.05, 4.69) is 5.32 Å². The van der Waals surface area contributed by atoms with E-state index in [-0.39, 0.29) is 42.1 Å². The number of esters is 3. The molecule has 1 aromatic carbocycles. The lowest BCUT2D eigenvalue weighted by atomic mass is 9.44. The topological polar surface area (TPSA) is 229 Å².